The average molecular weight is 568 g/mol. The number of aromatic nitrogens is 3. The van der Waals surface area contributed by atoms with Gasteiger partial charge in [-0.15, -0.1) is 0 Å². The van der Waals surface area contributed by atoms with Crippen LogP contribution in [0.4, 0.5) is 5.95 Å². The Morgan fingerprint density at radius 2 is 1.98 bits per heavy atom. The van der Waals surface area contributed by atoms with Crippen LogP contribution in [0.25, 0.3) is 22.2 Å². The van der Waals surface area contributed by atoms with E-state index in [4.69, 9.17) is 30.8 Å². The molecule has 0 amide bonds. The molecular formula is C30H38ClN5O4. The Kier molecular flexibility index (Phi) is 8.44. The first-order chi connectivity index (χ1) is 19.1. The second kappa shape index (κ2) is 11.8. The molecule has 2 aliphatic rings. The van der Waals surface area contributed by atoms with Crippen LogP contribution in [-0.2, 0) is 14.2 Å². The summed E-state index contributed by atoms with van der Waals surface area (Å²) in [6, 6.07) is 7.61. The van der Waals surface area contributed by atoms with E-state index in [0.717, 1.165) is 30.2 Å². The van der Waals surface area contributed by atoms with Crippen molar-refractivity contribution in [1.82, 2.24) is 14.5 Å². The van der Waals surface area contributed by atoms with Gasteiger partial charge in [0.1, 0.15) is 5.65 Å². The molecule has 5 rings (SSSR count). The summed E-state index contributed by atoms with van der Waals surface area (Å²) in [6.45, 7) is 9.92. The molecule has 1 N–H and O–H groups in total. The normalized spacial score (nSPS) is 20.9. The topological polar surface area (TPSA) is 99.9 Å². The highest BCUT2D eigenvalue weighted by molar-refractivity contribution is 6.33. The van der Waals surface area contributed by atoms with E-state index < -0.39 is 0 Å². The zero-order valence-electron chi connectivity index (χ0n) is 23.9. The summed E-state index contributed by atoms with van der Waals surface area (Å²) in [7, 11) is 1.60. The van der Waals surface area contributed by atoms with Gasteiger partial charge in [-0.05, 0) is 64.2 Å². The summed E-state index contributed by atoms with van der Waals surface area (Å²) < 4.78 is 18.5. The number of hydrogen-bond donors (Lipinski definition) is 1. The number of halogens is 1. The standard InChI is InChI=1S/C30H38ClN5O4/c1-18(33-19(2)38-5)20-6-7-24(26(31)15-20)25-14-21-17-32-29(34-22-8-11-39-12-9-22)35-27(21)36(28(25)37)23-10-13-40-30(3,4)16-23/h6-7,14-15,17-18,22-23H,8-13,16H2,1-5H3,(H,32,34,35). The highest BCUT2D eigenvalue weighted by atomic mass is 35.5. The van der Waals surface area contributed by atoms with Gasteiger partial charge in [0.05, 0.1) is 18.8 Å². The number of aliphatic imine (C=N–C) groups is 1. The third-order valence-electron chi connectivity index (χ3n) is 7.80. The van der Waals surface area contributed by atoms with Crippen LogP contribution in [0.15, 0.2) is 40.2 Å². The van der Waals surface area contributed by atoms with Crippen LogP contribution < -0.4 is 10.9 Å². The van der Waals surface area contributed by atoms with Crippen molar-refractivity contribution in [3.05, 3.63) is 51.4 Å². The summed E-state index contributed by atoms with van der Waals surface area (Å²) in [5, 5.41) is 4.72. The molecule has 3 aromatic rings. The third-order valence-corrected chi connectivity index (χ3v) is 8.11. The van der Waals surface area contributed by atoms with E-state index in [1.165, 1.54) is 0 Å². The molecule has 0 saturated carbocycles. The van der Waals surface area contributed by atoms with Gasteiger partial charge in [-0.2, -0.15) is 4.98 Å². The van der Waals surface area contributed by atoms with Crippen LogP contribution in [0.3, 0.4) is 0 Å². The molecule has 0 spiro atoms. The van der Waals surface area contributed by atoms with Gasteiger partial charge in [-0.25, -0.2) is 9.98 Å². The average Bonchev–Trinajstić information content (AvgIpc) is 2.92. The van der Waals surface area contributed by atoms with Gasteiger partial charge in [0.15, 0.2) is 5.90 Å². The van der Waals surface area contributed by atoms with Crippen LogP contribution in [-0.4, -0.2) is 59.0 Å². The summed E-state index contributed by atoms with van der Waals surface area (Å²) in [5.41, 5.74) is 2.27. The van der Waals surface area contributed by atoms with Gasteiger partial charge < -0.3 is 19.5 Å². The van der Waals surface area contributed by atoms with Gasteiger partial charge in [0.2, 0.25) is 5.95 Å². The molecular weight excluding hydrogens is 530 g/mol. The summed E-state index contributed by atoms with van der Waals surface area (Å²) in [6.07, 6.45) is 4.99. The van der Waals surface area contributed by atoms with Crippen molar-refractivity contribution < 1.29 is 14.2 Å². The predicted octanol–water partition coefficient (Wildman–Crippen LogP) is 5.96. The van der Waals surface area contributed by atoms with E-state index in [9.17, 15) is 4.79 Å². The molecule has 0 radical (unpaired) electrons. The number of ether oxygens (including phenoxy) is 3. The Morgan fingerprint density at radius 1 is 1.20 bits per heavy atom. The van der Waals surface area contributed by atoms with Gasteiger partial charge in [0.25, 0.3) is 5.56 Å². The predicted molar refractivity (Wildman–Crippen MR) is 159 cm³/mol. The van der Waals surface area contributed by atoms with E-state index in [0.29, 0.717) is 59.9 Å². The summed E-state index contributed by atoms with van der Waals surface area (Å²) >= 11 is 6.82. The molecule has 0 aliphatic carbocycles. The van der Waals surface area contributed by atoms with Crippen molar-refractivity contribution in [2.24, 2.45) is 4.99 Å². The summed E-state index contributed by atoms with van der Waals surface area (Å²) in [5.74, 6) is 1.12. The highest BCUT2D eigenvalue weighted by Gasteiger charge is 2.32. The summed E-state index contributed by atoms with van der Waals surface area (Å²) in [4.78, 5) is 28.3. The number of pyridine rings is 1. The van der Waals surface area contributed by atoms with Gasteiger partial charge in [-0.1, -0.05) is 23.7 Å². The lowest BCUT2D eigenvalue weighted by Crippen LogP contribution is -2.39. The fourth-order valence-corrected chi connectivity index (χ4v) is 5.87. The fourth-order valence-electron chi connectivity index (χ4n) is 5.58. The highest BCUT2D eigenvalue weighted by Crippen LogP contribution is 2.35. The molecule has 2 saturated heterocycles. The smallest absolute Gasteiger partial charge is 0.260 e. The number of benzene rings is 1. The van der Waals surface area contributed by atoms with Gasteiger partial charge >= 0.3 is 0 Å². The lowest BCUT2D eigenvalue weighted by molar-refractivity contribution is -0.0689. The number of fused-ring (bicyclic) bond motifs is 1. The van der Waals surface area contributed by atoms with Crippen molar-refractivity contribution in [2.45, 2.75) is 77.1 Å². The molecule has 214 valence electrons. The minimum absolute atomic E-state index is 0.0750. The van der Waals surface area contributed by atoms with Crippen LogP contribution >= 0.6 is 11.6 Å². The first-order valence-corrected chi connectivity index (χ1v) is 14.3. The maximum atomic E-state index is 14.3. The second-order valence-electron chi connectivity index (χ2n) is 11.3. The maximum absolute atomic E-state index is 14.3. The van der Waals surface area contributed by atoms with Crippen molar-refractivity contribution >= 4 is 34.5 Å². The number of hydrogen-bond acceptors (Lipinski definition) is 8. The van der Waals surface area contributed by atoms with E-state index in [-0.39, 0.29) is 29.3 Å². The quantitative estimate of drug-likeness (QED) is 0.290. The molecule has 1 aromatic carbocycles. The van der Waals surface area contributed by atoms with Crippen molar-refractivity contribution in [2.75, 3.05) is 32.2 Å². The zero-order chi connectivity index (χ0) is 28.4. The van der Waals surface area contributed by atoms with Crippen molar-refractivity contribution in [3.8, 4) is 11.1 Å². The van der Waals surface area contributed by atoms with Gasteiger partial charge in [-0.3, -0.25) is 9.36 Å². The first kappa shape index (κ1) is 28.5. The Bertz CT molecular complexity index is 1460. The molecule has 2 atom stereocenters. The third kappa shape index (κ3) is 6.16. The van der Waals surface area contributed by atoms with E-state index in [1.54, 1.807) is 13.3 Å². The molecule has 2 fully saturated rings. The molecule has 2 unspecified atom stereocenters. The fraction of sp³-hybridized carbons (Fsp3) is 0.533. The molecule has 9 nitrogen and oxygen atoms in total. The first-order valence-electron chi connectivity index (χ1n) is 13.9. The van der Waals surface area contributed by atoms with Crippen LogP contribution in [0, 0.1) is 0 Å². The Balaban J connectivity index is 1.60. The Morgan fingerprint density at radius 3 is 2.67 bits per heavy atom. The van der Waals surface area contributed by atoms with Crippen LogP contribution in [0.1, 0.15) is 71.0 Å². The second-order valence-corrected chi connectivity index (χ2v) is 11.7. The Hall–Kier alpha value is -3.01. The molecule has 4 heterocycles. The molecule has 40 heavy (non-hydrogen) atoms. The number of nitrogens with one attached hydrogen (secondary N) is 1. The van der Waals surface area contributed by atoms with E-state index in [2.05, 4.69) is 29.1 Å². The largest absolute Gasteiger partial charge is 0.484 e. The number of anilines is 1. The maximum Gasteiger partial charge on any atom is 0.260 e. The lowest BCUT2D eigenvalue weighted by Gasteiger charge is -2.36. The monoisotopic (exact) mass is 567 g/mol. The van der Waals surface area contributed by atoms with Crippen LogP contribution in [0.2, 0.25) is 5.02 Å². The number of methoxy groups -OCH3 is 1. The number of rotatable bonds is 6. The lowest BCUT2D eigenvalue weighted by atomic mass is 9.93. The minimum Gasteiger partial charge on any atom is -0.484 e. The van der Waals surface area contributed by atoms with Crippen LogP contribution in [0.5, 0.6) is 0 Å². The number of nitrogens with zero attached hydrogens (tertiary/aromatic N) is 4. The molecule has 0 bridgehead atoms. The SMILES string of the molecule is COC(C)=NC(C)c1ccc(-c2cc3cnc(NC4CCOCC4)nc3n(C3CCOC(C)(C)C3)c2=O)c(Cl)c1. The van der Waals surface area contributed by atoms with E-state index >= 15 is 0 Å². The minimum atomic E-state index is -0.350. The van der Waals surface area contributed by atoms with E-state index in [1.807, 2.05) is 42.7 Å². The molecule has 2 aromatic heterocycles. The van der Waals surface area contributed by atoms with Crippen molar-refractivity contribution in [3.63, 3.8) is 0 Å². The van der Waals surface area contributed by atoms with Crippen molar-refractivity contribution in [1.29, 1.82) is 0 Å². The molecule has 2 aliphatic heterocycles. The Labute approximate surface area is 239 Å². The zero-order valence-corrected chi connectivity index (χ0v) is 24.6. The van der Waals surface area contributed by atoms with Gasteiger partial charge in [0, 0.05) is 66.6 Å². The molecule has 10 heteroatoms.